The second kappa shape index (κ2) is 9.68. The van der Waals surface area contributed by atoms with Crippen LogP contribution in [0.2, 0.25) is 0 Å². The Morgan fingerprint density at radius 2 is 1.74 bits per heavy atom. The monoisotopic (exact) mass is 480 g/mol. The number of aromatic hydroxyl groups is 2. The summed E-state index contributed by atoms with van der Waals surface area (Å²) in [7, 11) is 2.27. The molecular formula is C27H32N2O4S. The number of phenolic OH excluding ortho intramolecular Hbond substituents is 2. The number of fused-ring (bicyclic) bond motifs is 2. The van der Waals surface area contributed by atoms with Crippen LogP contribution in [0.25, 0.3) is 0 Å². The van der Waals surface area contributed by atoms with Crippen molar-refractivity contribution in [3.05, 3.63) is 64.7 Å². The molecule has 1 aliphatic rings. The van der Waals surface area contributed by atoms with E-state index in [1.165, 1.54) is 12.7 Å². The van der Waals surface area contributed by atoms with Crippen LogP contribution in [0.3, 0.4) is 0 Å². The minimum absolute atomic E-state index is 0.0232. The van der Waals surface area contributed by atoms with Gasteiger partial charge >= 0.3 is 0 Å². The molecule has 2 N–H and O–H groups in total. The maximum atomic E-state index is 13.3. The van der Waals surface area contributed by atoms with Gasteiger partial charge in [-0.2, -0.15) is 0 Å². The zero-order valence-electron chi connectivity index (χ0n) is 20.4. The lowest BCUT2D eigenvalue weighted by Gasteiger charge is -2.35. The number of methoxy groups -OCH3 is 1. The first-order valence-electron chi connectivity index (χ1n) is 11.4. The van der Waals surface area contributed by atoms with Gasteiger partial charge in [0.05, 0.1) is 44.6 Å². The quantitative estimate of drug-likeness (QED) is 0.486. The molecule has 7 heteroatoms. The molecule has 3 aromatic rings. The summed E-state index contributed by atoms with van der Waals surface area (Å²) in [4.78, 5) is 6.06. The molecule has 1 aliphatic heterocycles. The number of hydrogen-bond donors (Lipinski definition) is 2. The Kier molecular flexibility index (Phi) is 6.86. The van der Waals surface area contributed by atoms with Gasteiger partial charge in [0.15, 0.2) is 11.5 Å². The van der Waals surface area contributed by atoms with Gasteiger partial charge in [-0.05, 0) is 81.7 Å². The lowest BCUT2D eigenvalue weighted by Crippen LogP contribution is -2.29. The minimum atomic E-state index is -1.20. The summed E-state index contributed by atoms with van der Waals surface area (Å²) in [6.45, 7) is 7.86. The molecule has 0 aromatic heterocycles. The number of para-hydroxylation sites is 1. The Balaban J connectivity index is 1.54. The molecule has 6 nitrogen and oxygen atoms in total. The predicted octanol–water partition coefficient (Wildman–Crippen LogP) is 5.17. The predicted molar refractivity (Wildman–Crippen MR) is 136 cm³/mol. The summed E-state index contributed by atoms with van der Waals surface area (Å²) in [5.74, 6) is 0.432. The average Bonchev–Trinajstić information content (AvgIpc) is 2.83. The van der Waals surface area contributed by atoms with E-state index in [0.29, 0.717) is 23.4 Å². The van der Waals surface area contributed by atoms with Crippen LogP contribution in [-0.2, 0) is 17.3 Å². The van der Waals surface area contributed by atoms with Crippen LogP contribution in [0.15, 0.2) is 52.3 Å². The lowest BCUT2D eigenvalue weighted by atomic mass is 10.1. The summed E-state index contributed by atoms with van der Waals surface area (Å²) in [6, 6.07) is 13.6. The summed E-state index contributed by atoms with van der Waals surface area (Å²) in [5.41, 5.74) is 5.49. The fourth-order valence-corrected chi connectivity index (χ4v) is 5.99. The van der Waals surface area contributed by atoms with Crippen LogP contribution in [-0.4, -0.2) is 46.6 Å². The van der Waals surface area contributed by atoms with E-state index in [1.807, 2.05) is 43.4 Å². The van der Waals surface area contributed by atoms with E-state index in [1.54, 1.807) is 13.0 Å². The number of aryl methyl sites for hydroxylation is 2. The van der Waals surface area contributed by atoms with Crippen LogP contribution in [0.1, 0.15) is 28.7 Å². The summed E-state index contributed by atoms with van der Waals surface area (Å²) in [5, 5.41) is 21.0. The van der Waals surface area contributed by atoms with Crippen molar-refractivity contribution in [3.63, 3.8) is 0 Å². The highest BCUT2D eigenvalue weighted by Crippen LogP contribution is 2.44. The third kappa shape index (κ3) is 4.26. The van der Waals surface area contributed by atoms with E-state index in [-0.39, 0.29) is 11.5 Å². The van der Waals surface area contributed by atoms with Gasteiger partial charge in [-0.3, -0.25) is 0 Å². The van der Waals surface area contributed by atoms with Gasteiger partial charge in [-0.15, -0.1) is 0 Å². The van der Waals surface area contributed by atoms with E-state index in [0.717, 1.165) is 46.2 Å². The maximum absolute atomic E-state index is 13.3. The molecule has 0 aliphatic carbocycles. The zero-order valence-corrected chi connectivity index (χ0v) is 21.2. The molecule has 180 valence electrons. The summed E-state index contributed by atoms with van der Waals surface area (Å²) in [6.07, 6.45) is 0.842. The van der Waals surface area contributed by atoms with Crippen molar-refractivity contribution in [1.82, 2.24) is 4.90 Å². The molecule has 0 fully saturated rings. The zero-order chi connectivity index (χ0) is 24.6. The van der Waals surface area contributed by atoms with Crippen LogP contribution in [0, 0.1) is 20.8 Å². The van der Waals surface area contributed by atoms with Gasteiger partial charge < -0.3 is 24.7 Å². The van der Waals surface area contributed by atoms with Crippen LogP contribution < -0.4 is 9.64 Å². The molecule has 1 unspecified atom stereocenters. The normalized spacial score (nSPS) is 14.8. The first-order valence-corrected chi connectivity index (χ1v) is 12.5. The largest absolute Gasteiger partial charge is 0.507 e. The standard InChI is InChI=1S/C27H32N2O4S/c1-17-11-12-24-25(19(17)3)29(21-9-6-7-10-23(21)34(24)32)14-8-13-28(4)16-20-26(30)18(2)15-22(33-5)27(20)31/h6-7,9-12,15,30-31H,8,13-14,16H2,1-5H3. The molecule has 4 rings (SSSR count). The fourth-order valence-electron chi connectivity index (χ4n) is 4.55. The second-order valence-electron chi connectivity index (χ2n) is 8.91. The van der Waals surface area contributed by atoms with E-state index >= 15 is 0 Å². The van der Waals surface area contributed by atoms with Crippen LogP contribution in [0.4, 0.5) is 11.4 Å². The van der Waals surface area contributed by atoms with Gasteiger partial charge in [0.2, 0.25) is 0 Å². The first kappa shape index (κ1) is 24.1. The third-order valence-electron chi connectivity index (χ3n) is 6.59. The molecule has 0 bridgehead atoms. The van der Waals surface area contributed by atoms with Gasteiger partial charge in [0.1, 0.15) is 5.75 Å². The Labute approximate surface area is 203 Å². The molecule has 0 saturated heterocycles. The summed E-state index contributed by atoms with van der Waals surface area (Å²) < 4.78 is 18.5. The Morgan fingerprint density at radius 1 is 1.00 bits per heavy atom. The Hall–Kier alpha value is -3.03. The van der Waals surface area contributed by atoms with Crippen molar-refractivity contribution in [2.45, 2.75) is 43.5 Å². The van der Waals surface area contributed by atoms with E-state index in [2.05, 4.69) is 23.6 Å². The molecule has 0 spiro atoms. The molecule has 0 radical (unpaired) electrons. The first-order chi connectivity index (χ1) is 16.2. The number of rotatable bonds is 7. The SMILES string of the molecule is COc1cc(C)c(O)c(CN(C)CCCN2c3ccccc3S(=O)c3ccc(C)c(C)c32)c1O. The molecule has 1 atom stereocenters. The molecular weight excluding hydrogens is 448 g/mol. The molecule has 3 aromatic carbocycles. The van der Waals surface area contributed by atoms with Gasteiger partial charge in [-0.25, -0.2) is 4.21 Å². The summed E-state index contributed by atoms with van der Waals surface area (Å²) >= 11 is 0. The number of phenols is 2. The Bertz CT molecular complexity index is 1260. The third-order valence-corrected chi connectivity index (χ3v) is 8.06. The van der Waals surface area contributed by atoms with Crippen LogP contribution in [0.5, 0.6) is 17.2 Å². The lowest BCUT2D eigenvalue weighted by molar-refractivity contribution is 0.303. The smallest absolute Gasteiger partial charge is 0.166 e. The highest BCUT2D eigenvalue weighted by Gasteiger charge is 2.29. The van der Waals surface area contributed by atoms with Crippen molar-refractivity contribution in [2.24, 2.45) is 0 Å². The van der Waals surface area contributed by atoms with Gasteiger partial charge in [0.25, 0.3) is 0 Å². The van der Waals surface area contributed by atoms with Crippen LogP contribution >= 0.6 is 0 Å². The number of hydrogen-bond acceptors (Lipinski definition) is 6. The van der Waals surface area contributed by atoms with Gasteiger partial charge in [0, 0.05) is 13.1 Å². The van der Waals surface area contributed by atoms with Crippen molar-refractivity contribution in [3.8, 4) is 17.2 Å². The highest BCUT2D eigenvalue weighted by molar-refractivity contribution is 7.85. The van der Waals surface area contributed by atoms with Crippen molar-refractivity contribution < 1.29 is 19.2 Å². The van der Waals surface area contributed by atoms with Crippen molar-refractivity contribution in [2.75, 3.05) is 32.1 Å². The fraction of sp³-hybridized carbons (Fsp3) is 0.333. The molecule has 0 saturated carbocycles. The molecule has 34 heavy (non-hydrogen) atoms. The number of nitrogens with zero attached hydrogens (tertiary/aromatic N) is 2. The maximum Gasteiger partial charge on any atom is 0.166 e. The van der Waals surface area contributed by atoms with Crippen molar-refractivity contribution in [1.29, 1.82) is 0 Å². The molecule has 1 heterocycles. The van der Waals surface area contributed by atoms with E-state index in [4.69, 9.17) is 4.74 Å². The molecule has 0 amide bonds. The second-order valence-corrected chi connectivity index (χ2v) is 10.3. The van der Waals surface area contributed by atoms with Gasteiger partial charge in [-0.1, -0.05) is 18.2 Å². The number of anilines is 2. The van der Waals surface area contributed by atoms with E-state index in [9.17, 15) is 14.4 Å². The Morgan fingerprint density at radius 3 is 2.47 bits per heavy atom. The highest BCUT2D eigenvalue weighted by atomic mass is 32.2. The van der Waals surface area contributed by atoms with Crippen molar-refractivity contribution >= 4 is 22.2 Å². The number of benzene rings is 3. The number of ether oxygens (including phenoxy) is 1. The minimum Gasteiger partial charge on any atom is -0.507 e. The average molecular weight is 481 g/mol. The van der Waals surface area contributed by atoms with E-state index < -0.39 is 10.8 Å². The topological polar surface area (TPSA) is 73.2 Å².